The molecule has 2 aromatic rings. The number of carbonyl (C=O) groups excluding carboxylic acids is 1. The quantitative estimate of drug-likeness (QED) is 0.577. The molecule has 0 unspecified atom stereocenters. The molecule has 2 aliphatic heterocycles. The van der Waals surface area contributed by atoms with Crippen LogP contribution >= 0.6 is 0 Å². The maximum Gasteiger partial charge on any atom is 0.573 e. The van der Waals surface area contributed by atoms with Crippen molar-refractivity contribution in [3.05, 3.63) is 35.9 Å². The molecule has 0 bridgehead atoms. The lowest BCUT2D eigenvalue weighted by Gasteiger charge is -2.63. The average molecular weight is 529 g/mol. The fraction of sp³-hybridized carbons (Fsp3) is 0.615. The number of hydrogen-bond acceptors (Lipinski definition) is 6. The number of likely N-dealkylation sites (tertiary alicyclic amines) is 2. The van der Waals surface area contributed by atoms with Gasteiger partial charge in [-0.05, 0) is 50.7 Å². The summed E-state index contributed by atoms with van der Waals surface area (Å²) in [5.41, 5.74) is 0.252. The Hall–Kier alpha value is -3.49. The van der Waals surface area contributed by atoms with Gasteiger partial charge >= 0.3 is 12.4 Å². The van der Waals surface area contributed by atoms with Crippen LogP contribution in [0.25, 0.3) is 0 Å². The predicted octanol–water partition coefficient (Wildman–Crippen LogP) is 4.23. The highest BCUT2D eigenvalue weighted by Gasteiger charge is 2.59. The Morgan fingerprint density at radius 2 is 1.71 bits per heavy atom. The third-order valence-electron chi connectivity index (χ3n) is 8.75. The molecule has 3 saturated carbocycles. The van der Waals surface area contributed by atoms with Crippen molar-refractivity contribution in [1.29, 1.82) is 5.26 Å². The number of benzene rings is 1. The van der Waals surface area contributed by atoms with Gasteiger partial charge < -0.3 is 19.3 Å². The monoisotopic (exact) mass is 528 g/mol. The van der Waals surface area contributed by atoms with Crippen LogP contribution in [-0.2, 0) is 0 Å². The van der Waals surface area contributed by atoms with Gasteiger partial charge in [0.25, 0.3) is 0 Å². The first-order valence-corrected chi connectivity index (χ1v) is 13.0. The van der Waals surface area contributed by atoms with Gasteiger partial charge in [0.1, 0.15) is 30.0 Å². The molecule has 2 amide bonds. The number of rotatable bonds is 5. The Morgan fingerprint density at radius 3 is 2.32 bits per heavy atom. The van der Waals surface area contributed by atoms with Gasteiger partial charge in [0, 0.05) is 49.0 Å². The van der Waals surface area contributed by atoms with Crippen LogP contribution in [0.15, 0.2) is 24.5 Å². The number of urea groups is 1. The molecular weight excluding hydrogens is 501 g/mol. The Morgan fingerprint density at radius 1 is 1.05 bits per heavy atom. The lowest BCUT2D eigenvalue weighted by molar-refractivity contribution is -0.274. The molecule has 200 valence electrons. The summed E-state index contributed by atoms with van der Waals surface area (Å²) in [5.74, 6) is 1.33. The minimum absolute atomic E-state index is 0.00441. The Kier molecular flexibility index (Phi) is 4.98. The number of amides is 2. The molecule has 0 radical (unpaired) electrons. The molecule has 3 heterocycles. The van der Waals surface area contributed by atoms with Crippen molar-refractivity contribution in [2.45, 2.75) is 63.0 Å². The molecule has 0 atom stereocenters. The molecule has 2 spiro atoms. The van der Waals surface area contributed by atoms with Crippen molar-refractivity contribution in [2.75, 3.05) is 26.2 Å². The second-order valence-corrected chi connectivity index (χ2v) is 11.9. The zero-order chi connectivity index (χ0) is 26.3. The highest BCUT2D eigenvalue weighted by molar-refractivity contribution is 5.77. The fourth-order valence-corrected chi connectivity index (χ4v) is 6.70. The number of halogens is 3. The Bertz CT molecular complexity index is 1300. The van der Waals surface area contributed by atoms with Crippen molar-refractivity contribution in [2.24, 2.45) is 10.8 Å². The third kappa shape index (κ3) is 4.12. The van der Waals surface area contributed by atoms with Crippen LogP contribution < -0.4 is 9.47 Å². The van der Waals surface area contributed by atoms with Crippen LogP contribution in [0, 0.1) is 22.2 Å². The van der Waals surface area contributed by atoms with E-state index >= 15 is 0 Å². The van der Waals surface area contributed by atoms with E-state index in [4.69, 9.17) is 4.74 Å². The first kappa shape index (κ1) is 23.6. The highest BCUT2D eigenvalue weighted by Crippen LogP contribution is 2.55. The molecule has 3 aliphatic carbocycles. The molecule has 5 aliphatic rings. The maximum absolute atomic E-state index is 13.0. The number of nitriles is 1. The fourth-order valence-electron chi connectivity index (χ4n) is 6.70. The first-order chi connectivity index (χ1) is 18.1. The standard InChI is InChI=1S/C26H27F3N6O3/c27-26(28,29)38-19-3-4-21(17(5-19)10-30)37-20-8-25(9-20)13-34(14-25)23(36)33-11-24(12-33)6-18(7-24)35-15-31-22(32-35)16-1-2-16/h3-5,15-16,18,20H,1-2,6-9,11-14H2. The van der Waals surface area contributed by atoms with Gasteiger partial charge in [0.15, 0.2) is 5.82 Å². The summed E-state index contributed by atoms with van der Waals surface area (Å²) < 4.78 is 49.1. The summed E-state index contributed by atoms with van der Waals surface area (Å²) in [7, 11) is 0. The van der Waals surface area contributed by atoms with Crippen molar-refractivity contribution in [3.63, 3.8) is 0 Å². The number of nitrogens with zero attached hydrogens (tertiary/aromatic N) is 6. The molecule has 0 N–H and O–H groups in total. The minimum atomic E-state index is -4.82. The van der Waals surface area contributed by atoms with Crippen molar-refractivity contribution >= 4 is 6.03 Å². The summed E-state index contributed by atoms with van der Waals surface area (Å²) in [5, 5.41) is 14.0. The van der Waals surface area contributed by atoms with Crippen molar-refractivity contribution in [1.82, 2.24) is 24.6 Å². The third-order valence-corrected chi connectivity index (χ3v) is 8.75. The normalized spacial score (nSPS) is 23.7. The topological polar surface area (TPSA) is 96.5 Å². The molecule has 9 nitrogen and oxygen atoms in total. The van der Waals surface area contributed by atoms with Crippen LogP contribution in [0.1, 0.15) is 61.9 Å². The van der Waals surface area contributed by atoms with E-state index in [-0.39, 0.29) is 34.3 Å². The predicted molar refractivity (Wildman–Crippen MR) is 125 cm³/mol. The summed E-state index contributed by atoms with van der Waals surface area (Å²) in [4.78, 5) is 21.2. The second-order valence-electron chi connectivity index (χ2n) is 11.9. The Balaban J connectivity index is 0.852. The van der Waals surface area contributed by atoms with Crippen LogP contribution in [0.2, 0.25) is 0 Å². The van der Waals surface area contributed by atoms with Crippen molar-refractivity contribution < 1.29 is 27.4 Å². The van der Waals surface area contributed by atoms with E-state index in [9.17, 15) is 23.2 Å². The van der Waals surface area contributed by atoms with Gasteiger partial charge in [-0.25, -0.2) is 14.5 Å². The summed E-state index contributed by atoms with van der Waals surface area (Å²) in [6.07, 6.45) is 2.87. The zero-order valence-corrected chi connectivity index (χ0v) is 20.7. The molecule has 2 saturated heterocycles. The van der Waals surface area contributed by atoms with Gasteiger partial charge in [-0.1, -0.05) is 0 Å². The molecular formula is C26H27F3N6O3. The second kappa shape index (κ2) is 8.01. The number of carbonyl (C=O) groups is 1. The lowest BCUT2D eigenvalue weighted by Crippen LogP contribution is -2.71. The first-order valence-electron chi connectivity index (χ1n) is 13.0. The molecule has 12 heteroatoms. The average Bonchev–Trinajstić information content (AvgIpc) is 3.49. The SMILES string of the molecule is N#Cc1cc(OC(F)(F)F)ccc1OC1CC2(C1)CN(C(=O)N1CC3(CC(n4cnc(C5CC5)n4)C3)C1)C2. The lowest BCUT2D eigenvalue weighted by atomic mass is 9.60. The van der Waals surface area contributed by atoms with Crippen LogP contribution in [0.3, 0.4) is 0 Å². The molecule has 1 aromatic heterocycles. The molecule has 38 heavy (non-hydrogen) atoms. The molecule has 1 aromatic carbocycles. The van der Waals surface area contributed by atoms with E-state index in [0.29, 0.717) is 25.0 Å². The van der Waals surface area contributed by atoms with Crippen LogP contribution in [0.5, 0.6) is 11.5 Å². The number of alkyl halides is 3. The van der Waals surface area contributed by atoms with E-state index in [2.05, 4.69) is 14.8 Å². The van der Waals surface area contributed by atoms with E-state index in [1.54, 1.807) is 0 Å². The number of ether oxygens (including phenoxy) is 2. The summed E-state index contributed by atoms with van der Waals surface area (Å²) in [6.45, 7) is 2.97. The summed E-state index contributed by atoms with van der Waals surface area (Å²) in [6, 6.07) is 5.86. The maximum atomic E-state index is 13.0. The number of hydrogen-bond donors (Lipinski definition) is 0. The van der Waals surface area contributed by atoms with E-state index in [0.717, 1.165) is 56.7 Å². The Labute approximate surface area is 217 Å². The highest BCUT2D eigenvalue weighted by atomic mass is 19.4. The summed E-state index contributed by atoms with van der Waals surface area (Å²) >= 11 is 0. The van der Waals surface area contributed by atoms with E-state index in [1.165, 1.54) is 18.9 Å². The number of aromatic nitrogens is 3. The van der Waals surface area contributed by atoms with Gasteiger partial charge in [0.2, 0.25) is 0 Å². The van der Waals surface area contributed by atoms with Crippen LogP contribution in [0.4, 0.5) is 18.0 Å². The molecule has 5 fully saturated rings. The zero-order valence-electron chi connectivity index (χ0n) is 20.7. The van der Waals surface area contributed by atoms with E-state index in [1.807, 2.05) is 26.9 Å². The van der Waals surface area contributed by atoms with Crippen molar-refractivity contribution in [3.8, 4) is 17.6 Å². The van der Waals surface area contributed by atoms with Gasteiger partial charge in [-0.2, -0.15) is 10.4 Å². The van der Waals surface area contributed by atoms with Gasteiger partial charge in [-0.15, -0.1) is 13.2 Å². The minimum Gasteiger partial charge on any atom is -0.489 e. The van der Waals surface area contributed by atoms with E-state index < -0.39 is 12.1 Å². The largest absolute Gasteiger partial charge is 0.573 e. The van der Waals surface area contributed by atoms with Crippen LogP contribution in [-0.4, -0.2) is 69.2 Å². The van der Waals surface area contributed by atoms with Gasteiger partial charge in [0.05, 0.1) is 11.6 Å². The van der Waals surface area contributed by atoms with Gasteiger partial charge in [-0.3, -0.25) is 0 Å². The molecule has 7 rings (SSSR count). The smallest absolute Gasteiger partial charge is 0.489 e.